The zero-order chi connectivity index (χ0) is 7.44. The number of rotatable bonds is 2. The van der Waals surface area contributed by atoms with Crippen LogP contribution in [0.15, 0.2) is 0 Å². The highest BCUT2D eigenvalue weighted by Crippen LogP contribution is 2.33. The Kier molecular flexibility index (Phi) is 3.75. The molecule has 3 nitrogen and oxygen atoms in total. The van der Waals surface area contributed by atoms with Crippen LogP contribution in [0.2, 0.25) is 0 Å². The summed E-state index contributed by atoms with van der Waals surface area (Å²) in [5.41, 5.74) is 0. The van der Waals surface area contributed by atoms with Gasteiger partial charge in [-0.05, 0) is 6.66 Å². The molecule has 1 atom stereocenters. The van der Waals surface area contributed by atoms with Gasteiger partial charge in [0.1, 0.15) is 8.30 Å². The quantitative estimate of drug-likeness (QED) is 0.549. The van der Waals surface area contributed by atoms with Crippen LogP contribution in [0.4, 0.5) is 0 Å². The maximum absolute atomic E-state index is 10.6. The van der Waals surface area contributed by atoms with Crippen LogP contribution in [-0.4, -0.2) is 31.4 Å². The van der Waals surface area contributed by atoms with Crippen LogP contribution in [-0.2, 0) is 9.32 Å². The molecule has 0 fully saturated rings. The summed E-state index contributed by atoms with van der Waals surface area (Å²) in [6.45, 7) is 3.41. The third-order valence-electron chi connectivity index (χ3n) is 1.14. The average Bonchev–Trinajstić information content (AvgIpc) is 1.84. The van der Waals surface area contributed by atoms with Crippen LogP contribution in [0.3, 0.4) is 0 Å². The lowest BCUT2D eigenvalue weighted by atomic mass is 10.7. The van der Waals surface area contributed by atoms with E-state index >= 15 is 0 Å². The Bertz CT molecular complexity index is 107. The molecule has 1 amide bonds. The van der Waals surface area contributed by atoms with Gasteiger partial charge in [-0.25, -0.2) is 0 Å². The molecule has 0 aliphatic rings. The molecule has 0 N–H and O–H groups in total. The summed E-state index contributed by atoms with van der Waals surface area (Å²) in [4.78, 5) is 10.6. The third-order valence-corrected chi connectivity index (χ3v) is 2.80. The molecule has 0 saturated carbocycles. The van der Waals surface area contributed by atoms with E-state index in [0.29, 0.717) is 0 Å². The smallest absolute Gasteiger partial charge is 0.224 e. The summed E-state index contributed by atoms with van der Waals surface area (Å²) < 4.78 is 6.54. The topological polar surface area (TPSA) is 29.5 Å². The Balaban J connectivity index is 3.72. The second-order valence-electron chi connectivity index (χ2n) is 1.69. The molecular formula is C5H12NO2P. The van der Waals surface area contributed by atoms with Crippen LogP contribution in [0.25, 0.3) is 0 Å². The highest BCUT2D eigenvalue weighted by molar-refractivity contribution is 7.49. The van der Waals surface area contributed by atoms with Crippen molar-refractivity contribution in [2.45, 2.75) is 6.92 Å². The molecule has 0 heterocycles. The maximum Gasteiger partial charge on any atom is 0.224 e. The molecule has 0 radical (unpaired) electrons. The molecule has 0 aliphatic carbocycles. The fourth-order valence-electron chi connectivity index (χ4n) is 0.321. The largest absolute Gasteiger partial charge is 0.342 e. The molecule has 0 aromatic rings. The first-order chi connectivity index (χ1) is 4.09. The second-order valence-corrected chi connectivity index (χ2v) is 3.58. The van der Waals surface area contributed by atoms with E-state index in [1.165, 1.54) is 6.92 Å². The first-order valence-electron chi connectivity index (χ1n) is 2.61. The number of hydrogen-bond acceptors (Lipinski definition) is 2. The van der Waals surface area contributed by atoms with Crippen molar-refractivity contribution in [1.29, 1.82) is 0 Å². The van der Waals surface area contributed by atoms with Crippen LogP contribution in [0, 0.1) is 0 Å². The molecule has 0 bridgehead atoms. The van der Waals surface area contributed by atoms with Gasteiger partial charge in [-0.3, -0.25) is 4.79 Å². The van der Waals surface area contributed by atoms with Gasteiger partial charge in [0.2, 0.25) is 5.91 Å². The van der Waals surface area contributed by atoms with E-state index in [9.17, 15) is 4.79 Å². The van der Waals surface area contributed by atoms with Gasteiger partial charge in [0.15, 0.2) is 0 Å². The standard InChI is InChI=1S/C5H12NO2P/c1-5(7)6(2)9(4)8-3/h1-4H3. The minimum atomic E-state index is -0.695. The van der Waals surface area contributed by atoms with E-state index in [4.69, 9.17) is 4.52 Å². The Morgan fingerprint density at radius 3 is 2.22 bits per heavy atom. The lowest BCUT2D eigenvalue weighted by Gasteiger charge is -2.20. The molecule has 9 heavy (non-hydrogen) atoms. The summed E-state index contributed by atoms with van der Waals surface area (Å²) in [5.74, 6) is 0.0467. The van der Waals surface area contributed by atoms with Gasteiger partial charge in [-0.15, -0.1) is 0 Å². The molecule has 1 unspecified atom stereocenters. The summed E-state index contributed by atoms with van der Waals surface area (Å²) in [5, 5.41) is 0. The number of hydrogen-bond donors (Lipinski definition) is 0. The molecule has 0 aromatic carbocycles. The van der Waals surface area contributed by atoms with E-state index in [1.807, 2.05) is 6.66 Å². The van der Waals surface area contributed by atoms with Gasteiger partial charge >= 0.3 is 0 Å². The molecule has 0 saturated heterocycles. The van der Waals surface area contributed by atoms with Gasteiger partial charge in [-0.2, -0.15) is 0 Å². The lowest BCUT2D eigenvalue weighted by Crippen LogP contribution is -2.17. The monoisotopic (exact) mass is 149 g/mol. The van der Waals surface area contributed by atoms with E-state index in [1.54, 1.807) is 18.8 Å². The predicted molar refractivity (Wildman–Crippen MR) is 38.3 cm³/mol. The second kappa shape index (κ2) is 3.80. The van der Waals surface area contributed by atoms with E-state index < -0.39 is 8.30 Å². The number of nitrogens with zero attached hydrogens (tertiary/aromatic N) is 1. The first-order valence-corrected chi connectivity index (χ1v) is 4.27. The van der Waals surface area contributed by atoms with Crippen molar-refractivity contribution in [2.24, 2.45) is 0 Å². The van der Waals surface area contributed by atoms with Gasteiger partial charge in [-0.1, -0.05) is 0 Å². The van der Waals surface area contributed by atoms with Gasteiger partial charge in [0.05, 0.1) is 0 Å². The molecule has 0 spiro atoms. The minimum Gasteiger partial charge on any atom is -0.342 e. The highest BCUT2D eigenvalue weighted by Gasteiger charge is 2.09. The molecule has 0 rings (SSSR count). The first kappa shape index (κ1) is 8.86. The number of carbonyl (C=O) groups is 1. The van der Waals surface area contributed by atoms with Crippen molar-refractivity contribution in [3.63, 3.8) is 0 Å². The minimum absolute atomic E-state index is 0.0467. The van der Waals surface area contributed by atoms with Crippen LogP contribution in [0.1, 0.15) is 6.92 Å². The van der Waals surface area contributed by atoms with Crippen molar-refractivity contribution >= 4 is 14.2 Å². The zero-order valence-corrected chi connectivity index (χ0v) is 7.11. The van der Waals surface area contributed by atoms with Crippen molar-refractivity contribution in [3.05, 3.63) is 0 Å². The molecular weight excluding hydrogens is 137 g/mol. The van der Waals surface area contributed by atoms with Crippen molar-refractivity contribution in [2.75, 3.05) is 20.8 Å². The third kappa shape index (κ3) is 2.78. The number of amides is 1. The predicted octanol–water partition coefficient (Wildman–Crippen LogP) is 1.05. The fourth-order valence-corrected chi connectivity index (χ4v) is 0.962. The lowest BCUT2D eigenvalue weighted by molar-refractivity contribution is -0.123. The van der Waals surface area contributed by atoms with Crippen molar-refractivity contribution in [1.82, 2.24) is 4.67 Å². The number of carbonyl (C=O) groups excluding carboxylic acids is 1. The van der Waals surface area contributed by atoms with Gasteiger partial charge in [0.25, 0.3) is 0 Å². The Morgan fingerprint density at radius 2 is 2.11 bits per heavy atom. The normalized spacial score (nSPS) is 12.9. The summed E-state index contributed by atoms with van der Waals surface area (Å²) in [6.07, 6.45) is 0. The molecule has 0 aromatic heterocycles. The summed E-state index contributed by atoms with van der Waals surface area (Å²) >= 11 is 0. The van der Waals surface area contributed by atoms with Gasteiger partial charge in [0, 0.05) is 21.1 Å². The summed E-state index contributed by atoms with van der Waals surface area (Å²) in [6, 6.07) is 0. The maximum atomic E-state index is 10.6. The Labute approximate surface area is 56.9 Å². The van der Waals surface area contributed by atoms with Gasteiger partial charge < -0.3 is 9.19 Å². The molecule has 4 heteroatoms. The van der Waals surface area contributed by atoms with E-state index in [2.05, 4.69) is 0 Å². The summed E-state index contributed by atoms with van der Waals surface area (Å²) in [7, 11) is 2.64. The fraction of sp³-hybridized carbons (Fsp3) is 0.800. The van der Waals surface area contributed by atoms with Crippen LogP contribution >= 0.6 is 8.30 Å². The molecule has 0 aliphatic heterocycles. The Hall–Kier alpha value is -0.140. The SMILES string of the molecule is COP(C)N(C)C(C)=O. The molecule has 54 valence electrons. The average molecular weight is 149 g/mol. The van der Waals surface area contributed by atoms with E-state index in [0.717, 1.165) is 0 Å². The van der Waals surface area contributed by atoms with Crippen molar-refractivity contribution < 1.29 is 9.32 Å². The Morgan fingerprint density at radius 1 is 1.67 bits per heavy atom. The van der Waals surface area contributed by atoms with Crippen LogP contribution in [0.5, 0.6) is 0 Å². The van der Waals surface area contributed by atoms with E-state index in [-0.39, 0.29) is 5.91 Å². The highest BCUT2D eigenvalue weighted by atomic mass is 31.2. The van der Waals surface area contributed by atoms with Crippen molar-refractivity contribution in [3.8, 4) is 0 Å². The van der Waals surface area contributed by atoms with Crippen LogP contribution < -0.4 is 0 Å². The zero-order valence-electron chi connectivity index (χ0n) is 6.21.